The molecule has 1 fully saturated rings. The molecule has 1 aromatic heterocycles. The molecular formula is C14H23ClN2S. The van der Waals surface area contributed by atoms with Crippen molar-refractivity contribution in [2.75, 3.05) is 19.6 Å². The highest BCUT2D eigenvalue weighted by atomic mass is 35.5. The summed E-state index contributed by atoms with van der Waals surface area (Å²) in [5.74, 6) is 1.37. The maximum Gasteiger partial charge on any atom is 0.0941 e. The highest BCUT2D eigenvalue weighted by Crippen LogP contribution is 2.33. The summed E-state index contributed by atoms with van der Waals surface area (Å²) in [4.78, 5) is 7.10. The lowest BCUT2D eigenvalue weighted by Gasteiger charge is -2.27. The smallest absolute Gasteiger partial charge is 0.0941 e. The molecule has 1 unspecified atom stereocenters. The van der Waals surface area contributed by atoms with Crippen LogP contribution in [0.2, 0.25) is 0 Å². The van der Waals surface area contributed by atoms with Crippen LogP contribution >= 0.6 is 22.9 Å². The summed E-state index contributed by atoms with van der Waals surface area (Å²) in [5.41, 5.74) is 1.47. The fraction of sp³-hybridized carbons (Fsp3) is 0.786. The molecule has 1 saturated heterocycles. The Kier molecular flexibility index (Phi) is 4.68. The fourth-order valence-corrected chi connectivity index (χ4v) is 3.54. The van der Waals surface area contributed by atoms with Crippen LogP contribution in [-0.2, 0) is 12.3 Å². The maximum atomic E-state index is 5.77. The van der Waals surface area contributed by atoms with Crippen molar-refractivity contribution in [3.63, 3.8) is 0 Å². The summed E-state index contributed by atoms with van der Waals surface area (Å²) >= 11 is 7.51. The van der Waals surface area contributed by atoms with Crippen molar-refractivity contribution in [3.05, 3.63) is 16.1 Å². The number of nitrogens with zero attached hydrogens (tertiary/aromatic N) is 2. The highest BCUT2D eigenvalue weighted by molar-refractivity contribution is 7.09. The van der Waals surface area contributed by atoms with Gasteiger partial charge in [0.05, 0.1) is 16.6 Å². The number of halogens is 1. The van der Waals surface area contributed by atoms with Gasteiger partial charge in [0.2, 0.25) is 0 Å². The number of likely N-dealkylation sites (tertiary alicyclic amines) is 1. The Balaban J connectivity index is 1.78. The number of hydrogen-bond donors (Lipinski definition) is 0. The molecule has 18 heavy (non-hydrogen) atoms. The highest BCUT2D eigenvalue weighted by Gasteiger charge is 2.31. The van der Waals surface area contributed by atoms with Gasteiger partial charge < -0.3 is 4.90 Å². The molecule has 0 radical (unpaired) electrons. The minimum atomic E-state index is 0.446. The Morgan fingerprint density at radius 1 is 1.50 bits per heavy atom. The summed E-state index contributed by atoms with van der Waals surface area (Å²) < 4.78 is 0. The van der Waals surface area contributed by atoms with Crippen molar-refractivity contribution in [2.45, 2.75) is 39.5 Å². The molecule has 1 aromatic rings. The zero-order valence-corrected chi connectivity index (χ0v) is 13.2. The van der Waals surface area contributed by atoms with E-state index in [1.807, 2.05) is 0 Å². The van der Waals surface area contributed by atoms with Gasteiger partial charge in [0.15, 0.2) is 0 Å². The average molecular weight is 287 g/mol. The van der Waals surface area contributed by atoms with E-state index >= 15 is 0 Å². The molecule has 2 heterocycles. The maximum absolute atomic E-state index is 5.77. The van der Waals surface area contributed by atoms with E-state index in [4.69, 9.17) is 11.6 Å². The second-order valence-corrected chi connectivity index (χ2v) is 7.48. The van der Waals surface area contributed by atoms with E-state index < -0.39 is 0 Å². The Labute approximate surface area is 119 Å². The van der Waals surface area contributed by atoms with Crippen molar-refractivity contribution >= 4 is 22.9 Å². The molecular weight excluding hydrogens is 264 g/mol. The molecule has 0 aliphatic carbocycles. The Bertz CT molecular complexity index is 383. The lowest BCUT2D eigenvalue weighted by molar-refractivity contribution is 0.230. The summed E-state index contributed by atoms with van der Waals surface area (Å²) in [7, 11) is 0. The average Bonchev–Trinajstić information content (AvgIpc) is 2.94. The summed E-state index contributed by atoms with van der Waals surface area (Å²) in [6, 6.07) is 0. The first kappa shape index (κ1) is 14.3. The van der Waals surface area contributed by atoms with Gasteiger partial charge in [-0.2, -0.15) is 0 Å². The van der Waals surface area contributed by atoms with Crippen LogP contribution in [-0.4, -0.2) is 29.5 Å². The van der Waals surface area contributed by atoms with Crippen molar-refractivity contribution in [1.82, 2.24) is 9.88 Å². The van der Waals surface area contributed by atoms with Crippen LogP contribution in [0.25, 0.3) is 0 Å². The lowest BCUT2D eigenvalue weighted by Crippen LogP contribution is -2.27. The molecule has 0 amide bonds. The molecule has 1 aliphatic rings. The van der Waals surface area contributed by atoms with E-state index in [-0.39, 0.29) is 0 Å². The van der Waals surface area contributed by atoms with E-state index in [0.29, 0.717) is 11.3 Å². The molecule has 2 rings (SSSR count). The molecule has 1 aliphatic heterocycles. The van der Waals surface area contributed by atoms with Crippen LogP contribution in [0.5, 0.6) is 0 Å². The van der Waals surface area contributed by atoms with Crippen LogP contribution in [0.3, 0.4) is 0 Å². The second kappa shape index (κ2) is 5.89. The molecule has 0 saturated carbocycles. The predicted molar refractivity (Wildman–Crippen MR) is 79.4 cm³/mol. The standard InChI is InChI=1S/C14H23ClN2S/c1-14(2,3)11-4-6-17(9-11)7-5-13-16-12(8-15)10-18-13/h10-11H,4-9H2,1-3H3. The van der Waals surface area contributed by atoms with Crippen LogP contribution in [0.15, 0.2) is 5.38 Å². The molecule has 0 bridgehead atoms. The number of thiazole rings is 1. The van der Waals surface area contributed by atoms with E-state index in [0.717, 1.165) is 24.6 Å². The zero-order valence-electron chi connectivity index (χ0n) is 11.6. The molecule has 0 aromatic carbocycles. The van der Waals surface area contributed by atoms with Gasteiger partial charge >= 0.3 is 0 Å². The Morgan fingerprint density at radius 2 is 2.28 bits per heavy atom. The summed E-state index contributed by atoms with van der Waals surface area (Å²) in [6.45, 7) is 10.7. The minimum Gasteiger partial charge on any atom is -0.303 e. The fourth-order valence-electron chi connectivity index (χ4n) is 2.52. The van der Waals surface area contributed by atoms with Crippen molar-refractivity contribution in [1.29, 1.82) is 0 Å². The van der Waals surface area contributed by atoms with Gasteiger partial charge in [0.1, 0.15) is 0 Å². The third kappa shape index (κ3) is 3.69. The monoisotopic (exact) mass is 286 g/mol. The molecule has 1 atom stereocenters. The molecule has 4 heteroatoms. The Hall–Kier alpha value is -0.120. The second-order valence-electron chi connectivity index (χ2n) is 6.27. The molecule has 0 N–H and O–H groups in total. The SMILES string of the molecule is CC(C)(C)C1CCN(CCc2nc(CCl)cs2)C1. The number of hydrogen-bond acceptors (Lipinski definition) is 3. The minimum absolute atomic E-state index is 0.446. The molecule has 102 valence electrons. The van der Waals surface area contributed by atoms with Gasteiger partial charge in [0, 0.05) is 24.9 Å². The largest absolute Gasteiger partial charge is 0.303 e. The van der Waals surface area contributed by atoms with Crippen LogP contribution < -0.4 is 0 Å². The van der Waals surface area contributed by atoms with E-state index in [1.54, 1.807) is 11.3 Å². The molecule has 2 nitrogen and oxygen atoms in total. The predicted octanol–water partition coefficient (Wildman–Crippen LogP) is 3.79. The summed E-state index contributed by atoms with van der Waals surface area (Å²) in [5, 5.41) is 3.30. The van der Waals surface area contributed by atoms with Gasteiger partial charge in [-0.05, 0) is 24.3 Å². The zero-order chi connectivity index (χ0) is 13.2. The first-order valence-electron chi connectivity index (χ1n) is 6.70. The Morgan fingerprint density at radius 3 is 2.83 bits per heavy atom. The third-order valence-corrected chi connectivity index (χ3v) is 5.11. The van der Waals surface area contributed by atoms with E-state index in [2.05, 4.69) is 36.0 Å². The van der Waals surface area contributed by atoms with Gasteiger partial charge in [-0.15, -0.1) is 22.9 Å². The van der Waals surface area contributed by atoms with Gasteiger partial charge in [0.25, 0.3) is 0 Å². The van der Waals surface area contributed by atoms with Crippen LogP contribution in [0.1, 0.15) is 37.9 Å². The first-order chi connectivity index (χ1) is 8.49. The normalized spacial score (nSPS) is 21.7. The number of alkyl halides is 1. The van der Waals surface area contributed by atoms with E-state index in [9.17, 15) is 0 Å². The van der Waals surface area contributed by atoms with Crippen LogP contribution in [0, 0.1) is 11.3 Å². The van der Waals surface area contributed by atoms with Crippen molar-refractivity contribution < 1.29 is 0 Å². The number of aromatic nitrogens is 1. The number of rotatable bonds is 4. The summed E-state index contributed by atoms with van der Waals surface area (Å²) in [6.07, 6.45) is 2.41. The van der Waals surface area contributed by atoms with Gasteiger partial charge in [-0.25, -0.2) is 4.98 Å². The van der Waals surface area contributed by atoms with E-state index in [1.165, 1.54) is 24.5 Å². The molecule has 0 spiro atoms. The lowest BCUT2D eigenvalue weighted by atomic mass is 9.80. The van der Waals surface area contributed by atoms with Gasteiger partial charge in [-0.1, -0.05) is 20.8 Å². The third-order valence-electron chi connectivity index (χ3n) is 3.88. The van der Waals surface area contributed by atoms with Crippen molar-refractivity contribution in [3.8, 4) is 0 Å². The van der Waals surface area contributed by atoms with Crippen LogP contribution in [0.4, 0.5) is 0 Å². The van der Waals surface area contributed by atoms with Crippen molar-refractivity contribution in [2.24, 2.45) is 11.3 Å². The first-order valence-corrected chi connectivity index (χ1v) is 8.12. The topological polar surface area (TPSA) is 16.1 Å². The quantitative estimate of drug-likeness (QED) is 0.783. The van der Waals surface area contributed by atoms with Gasteiger partial charge in [-0.3, -0.25) is 0 Å².